The third-order valence-corrected chi connectivity index (χ3v) is 6.17. The van der Waals surface area contributed by atoms with E-state index in [0.717, 1.165) is 11.3 Å². The lowest BCUT2D eigenvalue weighted by Crippen LogP contribution is -2.49. The van der Waals surface area contributed by atoms with Gasteiger partial charge in [-0.15, -0.1) is 0 Å². The molecule has 1 aliphatic heterocycles. The van der Waals surface area contributed by atoms with Crippen molar-refractivity contribution in [1.29, 1.82) is 0 Å². The van der Waals surface area contributed by atoms with Crippen molar-refractivity contribution in [1.82, 2.24) is 4.90 Å². The highest BCUT2D eigenvalue weighted by molar-refractivity contribution is 6.35. The van der Waals surface area contributed by atoms with Crippen LogP contribution in [0.15, 0.2) is 66.7 Å². The van der Waals surface area contributed by atoms with Crippen LogP contribution in [0.4, 0.5) is 11.4 Å². The van der Waals surface area contributed by atoms with E-state index in [9.17, 15) is 9.59 Å². The van der Waals surface area contributed by atoms with E-state index in [1.807, 2.05) is 42.2 Å². The number of hydrogen-bond acceptors (Lipinski definition) is 3. The molecule has 1 N–H and O–H groups in total. The summed E-state index contributed by atoms with van der Waals surface area (Å²) in [4.78, 5) is 29.6. The second-order valence-electron chi connectivity index (χ2n) is 7.72. The smallest absolute Gasteiger partial charge is 0.257 e. The van der Waals surface area contributed by atoms with Crippen LogP contribution in [0.25, 0.3) is 0 Å². The van der Waals surface area contributed by atoms with Crippen LogP contribution in [0.3, 0.4) is 0 Å². The van der Waals surface area contributed by atoms with E-state index in [4.69, 9.17) is 23.2 Å². The number of benzene rings is 3. The van der Waals surface area contributed by atoms with Gasteiger partial charge in [-0.2, -0.15) is 0 Å². The molecule has 1 aliphatic rings. The van der Waals surface area contributed by atoms with Crippen molar-refractivity contribution in [2.75, 3.05) is 36.4 Å². The van der Waals surface area contributed by atoms with Crippen LogP contribution in [-0.4, -0.2) is 42.9 Å². The maximum atomic E-state index is 12.8. The molecule has 32 heavy (non-hydrogen) atoms. The van der Waals surface area contributed by atoms with Crippen molar-refractivity contribution >= 4 is 46.4 Å². The van der Waals surface area contributed by atoms with E-state index in [1.165, 1.54) is 0 Å². The predicted octanol–water partition coefficient (Wildman–Crippen LogP) is 5.52. The first-order chi connectivity index (χ1) is 15.4. The number of piperazine rings is 1. The highest BCUT2D eigenvalue weighted by atomic mass is 35.5. The first kappa shape index (κ1) is 22.2. The van der Waals surface area contributed by atoms with E-state index in [-0.39, 0.29) is 11.8 Å². The van der Waals surface area contributed by atoms with Crippen molar-refractivity contribution in [3.8, 4) is 0 Å². The van der Waals surface area contributed by atoms with E-state index >= 15 is 0 Å². The SMILES string of the molecule is Cc1ccc(C(=O)N2CCN(c3c(Cl)cccc3NC(=O)c3ccccc3Cl)CC2)cc1. The maximum absolute atomic E-state index is 12.8. The second kappa shape index (κ2) is 9.63. The molecule has 0 unspecified atom stereocenters. The summed E-state index contributed by atoms with van der Waals surface area (Å²) in [5.74, 6) is -0.275. The van der Waals surface area contributed by atoms with E-state index in [1.54, 1.807) is 36.4 Å². The fourth-order valence-electron chi connectivity index (χ4n) is 3.78. The molecule has 1 saturated heterocycles. The summed E-state index contributed by atoms with van der Waals surface area (Å²) in [6, 6.07) is 19.9. The topological polar surface area (TPSA) is 52.7 Å². The van der Waals surface area contributed by atoms with Gasteiger partial charge in [-0.05, 0) is 43.3 Å². The average molecular weight is 468 g/mol. The van der Waals surface area contributed by atoms with E-state index in [0.29, 0.717) is 53.0 Å². The van der Waals surface area contributed by atoms with Crippen molar-refractivity contribution < 1.29 is 9.59 Å². The number of nitrogens with zero attached hydrogens (tertiary/aromatic N) is 2. The number of rotatable bonds is 4. The number of nitrogens with one attached hydrogen (secondary N) is 1. The fraction of sp³-hybridized carbons (Fsp3) is 0.200. The van der Waals surface area contributed by atoms with Gasteiger partial charge in [0.15, 0.2) is 0 Å². The normalized spacial score (nSPS) is 13.7. The number of para-hydroxylation sites is 1. The lowest BCUT2D eigenvalue weighted by atomic mass is 10.1. The largest absolute Gasteiger partial charge is 0.365 e. The Labute approximate surface area is 197 Å². The van der Waals surface area contributed by atoms with Gasteiger partial charge in [-0.1, -0.05) is 59.1 Å². The molecule has 1 fully saturated rings. The van der Waals surface area contributed by atoms with Crippen LogP contribution in [0, 0.1) is 6.92 Å². The first-order valence-electron chi connectivity index (χ1n) is 10.4. The minimum Gasteiger partial charge on any atom is -0.365 e. The van der Waals surface area contributed by atoms with Crippen LogP contribution in [0.2, 0.25) is 10.0 Å². The summed E-state index contributed by atoms with van der Waals surface area (Å²) in [5.41, 5.74) is 3.57. The fourth-order valence-corrected chi connectivity index (χ4v) is 4.30. The quantitative estimate of drug-likeness (QED) is 0.549. The van der Waals surface area contributed by atoms with Gasteiger partial charge < -0.3 is 15.1 Å². The Bertz CT molecular complexity index is 1140. The number of carbonyl (C=O) groups is 2. The summed E-state index contributed by atoms with van der Waals surface area (Å²) in [6.07, 6.45) is 0. The standard InChI is InChI=1S/C25H23Cl2N3O2/c1-17-9-11-18(12-10-17)25(32)30-15-13-29(14-16-30)23-21(27)7-4-8-22(23)28-24(31)19-5-2-3-6-20(19)26/h2-12H,13-16H2,1H3,(H,28,31). The molecule has 2 amide bonds. The van der Waals surface area contributed by atoms with Gasteiger partial charge in [0.25, 0.3) is 11.8 Å². The molecule has 0 spiro atoms. The zero-order valence-electron chi connectivity index (χ0n) is 17.6. The van der Waals surface area contributed by atoms with Crippen LogP contribution in [0.1, 0.15) is 26.3 Å². The number of aryl methyl sites for hydroxylation is 1. The Kier molecular flexibility index (Phi) is 6.68. The second-order valence-corrected chi connectivity index (χ2v) is 8.53. The molecule has 164 valence electrons. The molecule has 0 saturated carbocycles. The van der Waals surface area contributed by atoms with Crippen LogP contribution in [-0.2, 0) is 0 Å². The molecule has 4 rings (SSSR count). The molecule has 5 nitrogen and oxygen atoms in total. The highest BCUT2D eigenvalue weighted by Gasteiger charge is 2.25. The average Bonchev–Trinajstić information content (AvgIpc) is 2.80. The molecule has 3 aromatic rings. The Morgan fingerprint density at radius 1 is 0.812 bits per heavy atom. The minimum absolute atomic E-state index is 0.0241. The van der Waals surface area contributed by atoms with E-state index in [2.05, 4.69) is 10.2 Å². The molecule has 0 radical (unpaired) electrons. The third kappa shape index (κ3) is 4.74. The summed E-state index contributed by atoms with van der Waals surface area (Å²) in [6.45, 7) is 4.34. The number of hydrogen-bond donors (Lipinski definition) is 1. The molecule has 3 aromatic carbocycles. The lowest BCUT2D eigenvalue weighted by Gasteiger charge is -2.37. The van der Waals surface area contributed by atoms with Crippen LogP contribution < -0.4 is 10.2 Å². The Morgan fingerprint density at radius 3 is 2.16 bits per heavy atom. The number of halogens is 2. The zero-order valence-corrected chi connectivity index (χ0v) is 19.2. The van der Waals surface area contributed by atoms with Gasteiger partial charge in [0.1, 0.15) is 0 Å². The van der Waals surface area contributed by atoms with Gasteiger partial charge in [-0.25, -0.2) is 0 Å². The first-order valence-corrected chi connectivity index (χ1v) is 11.1. The van der Waals surface area contributed by atoms with Gasteiger partial charge in [0.05, 0.1) is 27.0 Å². The monoisotopic (exact) mass is 467 g/mol. The third-order valence-electron chi connectivity index (χ3n) is 5.54. The highest BCUT2D eigenvalue weighted by Crippen LogP contribution is 2.35. The van der Waals surface area contributed by atoms with Crippen molar-refractivity contribution in [2.24, 2.45) is 0 Å². The van der Waals surface area contributed by atoms with Crippen molar-refractivity contribution in [3.05, 3.63) is 93.5 Å². The summed E-state index contributed by atoms with van der Waals surface area (Å²) in [7, 11) is 0. The Morgan fingerprint density at radius 2 is 1.47 bits per heavy atom. The molecule has 7 heteroatoms. The summed E-state index contributed by atoms with van der Waals surface area (Å²) >= 11 is 12.7. The summed E-state index contributed by atoms with van der Waals surface area (Å²) < 4.78 is 0. The molecule has 0 aromatic heterocycles. The summed E-state index contributed by atoms with van der Waals surface area (Å²) in [5, 5.41) is 3.87. The van der Waals surface area contributed by atoms with Crippen molar-refractivity contribution in [2.45, 2.75) is 6.92 Å². The molecule has 0 atom stereocenters. The lowest BCUT2D eigenvalue weighted by molar-refractivity contribution is 0.0746. The van der Waals surface area contributed by atoms with Gasteiger partial charge in [0, 0.05) is 31.7 Å². The van der Waals surface area contributed by atoms with Crippen LogP contribution in [0.5, 0.6) is 0 Å². The van der Waals surface area contributed by atoms with Crippen LogP contribution >= 0.6 is 23.2 Å². The molecular weight excluding hydrogens is 445 g/mol. The van der Waals surface area contributed by atoms with Gasteiger partial charge >= 0.3 is 0 Å². The number of anilines is 2. The molecule has 0 aliphatic carbocycles. The maximum Gasteiger partial charge on any atom is 0.257 e. The number of amides is 2. The van der Waals surface area contributed by atoms with Gasteiger partial charge in [-0.3, -0.25) is 9.59 Å². The molecular formula is C25H23Cl2N3O2. The molecule has 1 heterocycles. The molecule has 0 bridgehead atoms. The predicted molar refractivity (Wildman–Crippen MR) is 130 cm³/mol. The van der Waals surface area contributed by atoms with E-state index < -0.39 is 0 Å². The Hall–Kier alpha value is -3.02. The Balaban J connectivity index is 1.49. The van der Waals surface area contributed by atoms with Gasteiger partial charge in [0.2, 0.25) is 0 Å². The number of carbonyl (C=O) groups excluding carboxylic acids is 2. The zero-order chi connectivity index (χ0) is 22.7. The minimum atomic E-state index is -0.299. The van der Waals surface area contributed by atoms with Crippen molar-refractivity contribution in [3.63, 3.8) is 0 Å².